The average Bonchev–Trinajstić information content (AvgIpc) is 2.78. The Hall–Kier alpha value is -1.57. The number of halogens is 1. The second kappa shape index (κ2) is 6.05. The van der Waals surface area contributed by atoms with E-state index in [9.17, 15) is 9.90 Å². The van der Waals surface area contributed by atoms with Crippen molar-refractivity contribution >= 4 is 28.5 Å². The minimum atomic E-state index is -0.186. The molecule has 0 atom stereocenters. The van der Waals surface area contributed by atoms with E-state index in [1.807, 2.05) is 35.7 Å². The topological polar surface area (TPSA) is 67.2 Å². The number of hydrogen-bond acceptors (Lipinski definition) is 3. The second-order valence-electron chi connectivity index (χ2n) is 4.12. The van der Waals surface area contributed by atoms with Crippen LogP contribution in [-0.2, 0) is 13.5 Å². The monoisotopic (exact) mass is 371 g/mol. The van der Waals surface area contributed by atoms with Gasteiger partial charge in [-0.2, -0.15) is 5.10 Å². The summed E-state index contributed by atoms with van der Waals surface area (Å²) in [5.41, 5.74) is 1.52. The summed E-state index contributed by atoms with van der Waals surface area (Å²) in [4.78, 5) is 11.9. The SMILES string of the molecule is Cn1nccc1CCNC(=O)c1ccc(I)c(O)c1. The number of rotatable bonds is 4. The molecule has 1 heterocycles. The predicted molar refractivity (Wildman–Crippen MR) is 80.1 cm³/mol. The Labute approximate surface area is 124 Å². The maximum absolute atomic E-state index is 11.9. The molecule has 1 aromatic heterocycles. The standard InChI is InChI=1S/C13H14IN3O2/c1-17-10(5-7-16-17)4-6-15-13(19)9-2-3-11(14)12(18)8-9/h2-3,5,7-8,18H,4,6H2,1H3,(H,15,19). The summed E-state index contributed by atoms with van der Waals surface area (Å²) in [6.07, 6.45) is 2.45. The van der Waals surface area contributed by atoms with Crippen molar-refractivity contribution in [3.63, 3.8) is 0 Å². The summed E-state index contributed by atoms with van der Waals surface area (Å²) in [6, 6.07) is 6.80. The minimum Gasteiger partial charge on any atom is -0.507 e. The van der Waals surface area contributed by atoms with Gasteiger partial charge in [0.15, 0.2) is 0 Å². The molecule has 1 amide bonds. The van der Waals surface area contributed by atoms with Crippen molar-refractivity contribution in [2.75, 3.05) is 6.54 Å². The van der Waals surface area contributed by atoms with Gasteiger partial charge in [0.25, 0.3) is 5.91 Å². The van der Waals surface area contributed by atoms with Gasteiger partial charge in [0.1, 0.15) is 5.75 Å². The zero-order chi connectivity index (χ0) is 13.8. The molecule has 2 rings (SSSR count). The van der Waals surface area contributed by atoms with Crippen molar-refractivity contribution in [3.05, 3.63) is 45.3 Å². The molecule has 0 fully saturated rings. The summed E-state index contributed by atoms with van der Waals surface area (Å²) >= 11 is 2.01. The number of aromatic hydroxyl groups is 1. The summed E-state index contributed by atoms with van der Waals surface area (Å²) in [5, 5.41) is 16.4. The van der Waals surface area contributed by atoms with E-state index in [1.165, 1.54) is 6.07 Å². The number of nitrogens with one attached hydrogen (secondary N) is 1. The van der Waals surface area contributed by atoms with Crippen LogP contribution in [0, 0.1) is 3.57 Å². The lowest BCUT2D eigenvalue weighted by atomic mass is 10.2. The zero-order valence-electron chi connectivity index (χ0n) is 10.4. The number of aromatic nitrogens is 2. The Balaban J connectivity index is 1.91. The van der Waals surface area contributed by atoms with Crippen LogP contribution in [0.15, 0.2) is 30.5 Å². The van der Waals surface area contributed by atoms with Gasteiger partial charge in [-0.25, -0.2) is 0 Å². The molecule has 0 unspecified atom stereocenters. The van der Waals surface area contributed by atoms with Crippen molar-refractivity contribution in [1.29, 1.82) is 0 Å². The van der Waals surface area contributed by atoms with Gasteiger partial charge in [-0.3, -0.25) is 9.48 Å². The van der Waals surface area contributed by atoms with Crippen LogP contribution in [0.1, 0.15) is 16.1 Å². The number of phenols is 1. The van der Waals surface area contributed by atoms with E-state index < -0.39 is 0 Å². The molecule has 0 saturated heterocycles. The lowest BCUT2D eigenvalue weighted by Crippen LogP contribution is -2.26. The average molecular weight is 371 g/mol. The summed E-state index contributed by atoms with van der Waals surface area (Å²) < 4.78 is 2.51. The normalized spacial score (nSPS) is 10.4. The molecule has 2 aromatic rings. The van der Waals surface area contributed by atoms with Crippen molar-refractivity contribution in [2.24, 2.45) is 7.05 Å². The number of aryl methyl sites for hydroxylation is 1. The maximum atomic E-state index is 11.9. The highest BCUT2D eigenvalue weighted by Crippen LogP contribution is 2.20. The number of nitrogens with zero attached hydrogens (tertiary/aromatic N) is 2. The van der Waals surface area contributed by atoms with Gasteiger partial charge in [0.05, 0.1) is 3.57 Å². The molecule has 0 aliphatic heterocycles. The van der Waals surface area contributed by atoms with Crippen LogP contribution < -0.4 is 5.32 Å². The van der Waals surface area contributed by atoms with E-state index in [1.54, 1.807) is 23.0 Å². The Morgan fingerprint density at radius 1 is 1.47 bits per heavy atom. The van der Waals surface area contributed by atoms with E-state index in [0.29, 0.717) is 12.1 Å². The third kappa shape index (κ3) is 3.46. The van der Waals surface area contributed by atoms with E-state index in [0.717, 1.165) is 15.7 Å². The second-order valence-corrected chi connectivity index (χ2v) is 5.28. The number of phenolic OH excluding ortho intramolecular Hbond substituents is 1. The summed E-state index contributed by atoms with van der Waals surface area (Å²) in [5.74, 6) is -0.0613. The summed E-state index contributed by atoms with van der Waals surface area (Å²) in [6.45, 7) is 0.533. The molecule has 1 aromatic carbocycles. The van der Waals surface area contributed by atoms with Crippen molar-refractivity contribution in [3.8, 4) is 5.75 Å². The van der Waals surface area contributed by atoms with Gasteiger partial charge in [0, 0.05) is 37.5 Å². The Bertz CT molecular complexity index is 595. The van der Waals surface area contributed by atoms with Gasteiger partial charge in [-0.1, -0.05) is 0 Å². The number of benzene rings is 1. The highest BCUT2D eigenvalue weighted by Gasteiger charge is 2.08. The van der Waals surface area contributed by atoms with Crippen LogP contribution in [0.5, 0.6) is 5.75 Å². The lowest BCUT2D eigenvalue weighted by Gasteiger charge is -2.06. The first-order valence-corrected chi connectivity index (χ1v) is 6.89. The lowest BCUT2D eigenvalue weighted by molar-refractivity contribution is 0.0953. The summed E-state index contributed by atoms with van der Waals surface area (Å²) in [7, 11) is 1.87. The molecule has 0 spiro atoms. The van der Waals surface area contributed by atoms with Crippen LogP contribution in [0.3, 0.4) is 0 Å². The van der Waals surface area contributed by atoms with E-state index in [4.69, 9.17) is 0 Å². The van der Waals surface area contributed by atoms with E-state index >= 15 is 0 Å². The quantitative estimate of drug-likeness (QED) is 0.805. The molecular formula is C13H14IN3O2. The molecule has 0 radical (unpaired) electrons. The molecule has 19 heavy (non-hydrogen) atoms. The molecule has 2 N–H and O–H groups in total. The number of amides is 1. The fraction of sp³-hybridized carbons (Fsp3) is 0.231. The third-order valence-electron chi connectivity index (χ3n) is 2.80. The Kier molecular flexibility index (Phi) is 4.41. The van der Waals surface area contributed by atoms with E-state index in [2.05, 4.69) is 10.4 Å². The molecular weight excluding hydrogens is 357 g/mol. The molecule has 0 aliphatic rings. The molecule has 0 bridgehead atoms. The molecule has 100 valence electrons. The largest absolute Gasteiger partial charge is 0.507 e. The van der Waals surface area contributed by atoms with Crippen molar-refractivity contribution in [1.82, 2.24) is 15.1 Å². The molecule has 0 saturated carbocycles. The van der Waals surface area contributed by atoms with Gasteiger partial charge in [-0.15, -0.1) is 0 Å². The van der Waals surface area contributed by atoms with Gasteiger partial charge in [0.2, 0.25) is 0 Å². The molecule has 5 nitrogen and oxygen atoms in total. The van der Waals surface area contributed by atoms with Crippen LogP contribution in [-0.4, -0.2) is 27.3 Å². The number of hydrogen-bond donors (Lipinski definition) is 2. The fourth-order valence-electron chi connectivity index (χ4n) is 1.71. The first-order chi connectivity index (χ1) is 9.08. The smallest absolute Gasteiger partial charge is 0.251 e. The van der Waals surface area contributed by atoms with Gasteiger partial charge >= 0.3 is 0 Å². The van der Waals surface area contributed by atoms with Crippen LogP contribution in [0.2, 0.25) is 0 Å². The van der Waals surface area contributed by atoms with Crippen molar-refractivity contribution < 1.29 is 9.90 Å². The number of carbonyl (C=O) groups excluding carboxylic acids is 1. The number of carbonyl (C=O) groups is 1. The zero-order valence-corrected chi connectivity index (χ0v) is 12.6. The third-order valence-corrected chi connectivity index (χ3v) is 3.71. The highest BCUT2D eigenvalue weighted by atomic mass is 127. The highest BCUT2D eigenvalue weighted by molar-refractivity contribution is 14.1. The fourth-order valence-corrected chi connectivity index (χ4v) is 2.04. The van der Waals surface area contributed by atoms with E-state index in [-0.39, 0.29) is 11.7 Å². The van der Waals surface area contributed by atoms with Crippen LogP contribution in [0.25, 0.3) is 0 Å². The maximum Gasteiger partial charge on any atom is 0.251 e. The van der Waals surface area contributed by atoms with Gasteiger partial charge < -0.3 is 10.4 Å². The van der Waals surface area contributed by atoms with Crippen LogP contribution >= 0.6 is 22.6 Å². The first-order valence-electron chi connectivity index (χ1n) is 5.81. The van der Waals surface area contributed by atoms with Gasteiger partial charge in [-0.05, 0) is 46.9 Å². The molecule has 0 aliphatic carbocycles. The van der Waals surface area contributed by atoms with Crippen LogP contribution in [0.4, 0.5) is 0 Å². The van der Waals surface area contributed by atoms with Crippen molar-refractivity contribution in [2.45, 2.75) is 6.42 Å². The Morgan fingerprint density at radius 3 is 2.89 bits per heavy atom. The minimum absolute atomic E-state index is 0.125. The first kappa shape index (κ1) is 13.9. The predicted octanol–water partition coefficient (Wildman–Crippen LogP) is 1.70. The Morgan fingerprint density at radius 2 is 2.26 bits per heavy atom. The molecule has 6 heteroatoms.